The van der Waals surface area contributed by atoms with E-state index in [-0.39, 0.29) is 31.3 Å². The SMILES string of the molecule is CCCc1cc2c(N3CCn4c(nnc4C(F)(F)F)C3)nc(N3CCCC(CCC(=O)OCOC(=O)C(C)(C)C)C3)nc2s1. The van der Waals surface area contributed by atoms with E-state index in [9.17, 15) is 22.8 Å². The second-order valence-corrected chi connectivity index (χ2v) is 13.5. The van der Waals surface area contributed by atoms with Gasteiger partial charge in [0.05, 0.1) is 17.3 Å². The van der Waals surface area contributed by atoms with E-state index in [1.54, 1.807) is 32.1 Å². The quantitative estimate of drug-likeness (QED) is 0.224. The lowest BCUT2D eigenvalue weighted by molar-refractivity contribution is -0.173. The van der Waals surface area contributed by atoms with Crippen molar-refractivity contribution in [2.24, 2.45) is 11.3 Å². The summed E-state index contributed by atoms with van der Waals surface area (Å²) in [5.74, 6) is -0.116. The summed E-state index contributed by atoms with van der Waals surface area (Å²) < 4.78 is 51.5. The molecule has 2 aliphatic rings. The Kier molecular flexibility index (Phi) is 9.33. The van der Waals surface area contributed by atoms with Crippen LogP contribution in [0.3, 0.4) is 0 Å². The maximum Gasteiger partial charge on any atom is 0.451 e. The molecule has 11 nitrogen and oxygen atoms in total. The number of carbonyl (C=O) groups is 2. The smallest absolute Gasteiger partial charge is 0.428 e. The Morgan fingerprint density at radius 3 is 2.59 bits per heavy atom. The number of aryl methyl sites for hydroxylation is 1. The zero-order valence-electron chi connectivity index (χ0n) is 25.4. The molecule has 1 saturated heterocycles. The van der Waals surface area contributed by atoms with Crippen molar-refractivity contribution >= 4 is 45.3 Å². The fourth-order valence-corrected chi connectivity index (χ4v) is 6.61. The van der Waals surface area contributed by atoms with Gasteiger partial charge < -0.3 is 23.8 Å². The second kappa shape index (κ2) is 12.9. The second-order valence-electron chi connectivity index (χ2n) is 12.3. The lowest BCUT2D eigenvalue weighted by Crippen LogP contribution is -2.38. The van der Waals surface area contributed by atoms with Gasteiger partial charge >= 0.3 is 18.1 Å². The lowest BCUT2D eigenvalue weighted by Gasteiger charge is -2.34. The Morgan fingerprint density at radius 1 is 1.07 bits per heavy atom. The molecule has 0 amide bonds. The van der Waals surface area contributed by atoms with E-state index in [4.69, 9.17) is 19.4 Å². The molecule has 44 heavy (non-hydrogen) atoms. The molecule has 2 aliphatic heterocycles. The normalized spacial score (nSPS) is 17.6. The van der Waals surface area contributed by atoms with Crippen molar-refractivity contribution < 1.29 is 32.2 Å². The van der Waals surface area contributed by atoms with Crippen molar-refractivity contribution in [3.63, 3.8) is 0 Å². The maximum absolute atomic E-state index is 13.4. The summed E-state index contributed by atoms with van der Waals surface area (Å²) in [4.78, 5) is 40.2. The lowest BCUT2D eigenvalue weighted by atomic mass is 9.93. The highest BCUT2D eigenvalue weighted by atomic mass is 32.1. The summed E-state index contributed by atoms with van der Waals surface area (Å²) >= 11 is 1.61. The topological polar surface area (TPSA) is 116 Å². The van der Waals surface area contributed by atoms with E-state index >= 15 is 0 Å². The number of halogens is 3. The molecule has 3 aromatic heterocycles. The van der Waals surface area contributed by atoms with Crippen LogP contribution < -0.4 is 9.80 Å². The first kappa shape index (κ1) is 31.9. The first-order valence-electron chi connectivity index (χ1n) is 15.0. The molecule has 1 atom stereocenters. The van der Waals surface area contributed by atoms with Crippen molar-refractivity contribution in [2.45, 2.75) is 85.5 Å². The number of esters is 2. The molecule has 0 aromatic carbocycles. The number of thiophene rings is 1. The first-order chi connectivity index (χ1) is 20.8. The number of rotatable bonds is 9. The van der Waals surface area contributed by atoms with Crippen LogP contribution in [0.25, 0.3) is 10.2 Å². The third kappa shape index (κ3) is 7.24. The zero-order chi connectivity index (χ0) is 31.6. The Balaban J connectivity index is 1.29. The van der Waals surface area contributed by atoms with Gasteiger partial charge in [-0.3, -0.25) is 9.59 Å². The van der Waals surface area contributed by atoms with Crippen molar-refractivity contribution in [3.8, 4) is 0 Å². The molecule has 0 saturated carbocycles. The minimum atomic E-state index is -4.56. The standard InChI is InChI=1S/C29H38F3N7O4S/c1-5-7-19-14-20-23(37-12-13-39-21(16-37)35-36-25(39)29(30,31)32)33-27(34-24(20)44-19)38-11-6-8-18(15-38)9-10-22(40)42-17-43-26(41)28(2,3)4/h14,18H,5-13,15-17H2,1-4H3. The summed E-state index contributed by atoms with van der Waals surface area (Å²) in [6.45, 7) is 8.90. The van der Waals surface area contributed by atoms with Crippen molar-refractivity contribution in [1.82, 2.24) is 24.7 Å². The average Bonchev–Trinajstić information content (AvgIpc) is 3.59. The predicted molar refractivity (Wildman–Crippen MR) is 158 cm³/mol. The molecule has 3 aromatic rings. The molecule has 5 rings (SSSR count). The monoisotopic (exact) mass is 637 g/mol. The largest absolute Gasteiger partial charge is 0.451 e. The molecule has 0 spiro atoms. The average molecular weight is 638 g/mol. The molecule has 1 fully saturated rings. The van der Waals surface area contributed by atoms with Gasteiger partial charge in [-0.25, -0.2) is 4.98 Å². The summed E-state index contributed by atoms with van der Waals surface area (Å²) in [5, 5.41) is 8.15. The van der Waals surface area contributed by atoms with E-state index in [0.29, 0.717) is 31.3 Å². The third-order valence-corrected chi connectivity index (χ3v) is 8.88. The van der Waals surface area contributed by atoms with Crippen molar-refractivity contribution in [2.75, 3.05) is 36.2 Å². The van der Waals surface area contributed by atoms with Gasteiger partial charge in [-0.2, -0.15) is 18.2 Å². The summed E-state index contributed by atoms with van der Waals surface area (Å²) in [5.41, 5.74) is -0.673. The third-order valence-electron chi connectivity index (χ3n) is 7.80. The van der Waals surface area contributed by atoms with E-state index < -0.39 is 36.1 Å². The summed E-state index contributed by atoms with van der Waals surface area (Å²) in [7, 11) is 0. The van der Waals surface area contributed by atoms with Crippen molar-refractivity contribution in [1.29, 1.82) is 0 Å². The van der Waals surface area contributed by atoms with Gasteiger partial charge in [-0.15, -0.1) is 21.5 Å². The van der Waals surface area contributed by atoms with Crippen LogP contribution in [-0.2, 0) is 44.7 Å². The van der Waals surface area contributed by atoms with Crippen LogP contribution in [0, 0.1) is 11.3 Å². The number of ether oxygens (including phenoxy) is 2. The molecule has 0 radical (unpaired) electrons. The number of nitrogens with zero attached hydrogens (tertiary/aromatic N) is 7. The fraction of sp³-hybridized carbons (Fsp3) is 0.655. The van der Waals surface area contributed by atoms with Crippen LogP contribution in [0.2, 0.25) is 0 Å². The molecular weight excluding hydrogens is 599 g/mol. The molecule has 0 N–H and O–H groups in total. The summed E-state index contributed by atoms with van der Waals surface area (Å²) in [6, 6.07) is 2.09. The zero-order valence-corrected chi connectivity index (χ0v) is 26.3. The molecule has 240 valence electrons. The molecule has 0 aliphatic carbocycles. The molecule has 5 heterocycles. The highest BCUT2D eigenvalue weighted by Crippen LogP contribution is 2.37. The number of hydrogen-bond acceptors (Lipinski definition) is 11. The Morgan fingerprint density at radius 2 is 1.86 bits per heavy atom. The summed E-state index contributed by atoms with van der Waals surface area (Å²) in [6.07, 6.45) is -0.0248. The van der Waals surface area contributed by atoms with Gasteiger partial charge in [0.1, 0.15) is 10.6 Å². The van der Waals surface area contributed by atoms with Gasteiger partial charge in [0, 0.05) is 37.5 Å². The van der Waals surface area contributed by atoms with Crippen LogP contribution in [0.4, 0.5) is 24.9 Å². The van der Waals surface area contributed by atoms with Gasteiger partial charge in [-0.05, 0) is 58.4 Å². The highest BCUT2D eigenvalue weighted by molar-refractivity contribution is 7.18. The Bertz CT molecular complexity index is 1500. The van der Waals surface area contributed by atoms with E-state index in [0.717, 1.165) is 47.0 Å². The van der Waals surface area contributed by atoms with Crippen LogP contribution in [0.15, 0.2) is 6.07 Å². The van der Waals surface area contributed by atoms with Crippen LogP contribution in [0.5, 0.6) is 0 Å². The number of carbonyl (C=O) groups excluding carboxylic acids is 2. The molecule has 15 heteroatoms. The predicted octanol–water partition coefficient (Wildman–Crippen LogP) is 5.36. The van der Waals surface area contributed by atoms with Gasteiger partial charge in [-0.1, -0.05) is 13.3 Å². The Labute approximate surface area is 257 Å². The highest BCUT2D eigenvalue weighted by Gasteiger charge is 2.40. The number of hydrogen-bond donors (Lipinski definition) is 0. The minimum Gasteiger partial charge on any atom is -0.428 e. The number of piperidine rings is 1. The molecule has 1 unspecified atom stereocenters. The number of alkyl halides is 3. The van der Waals surface area contributed by atoms with E-state index in [2.05, 4.69) is 28.1 Å². The number of anilines is 2. The van der Waals surface area contributed by atoms with Crippen molar-refractivity contribution in [3.05, 3.63) is 22.6 Å². The first-order valence-corrected chi connectivity index (χ1v) is 15.8. The van der Waals surface area contributed by atoms with Crippen LogP contribution in [-0.4, -0.2) is 63.1 Å². The van der Waals surface area contributed by atoms with Gasteiger partial charge in [0.2, 0.25) is 18.6 Å². The van der Waals surface area contributed by atoms with Crippen LogP contribution in [0.1, 0.15) is 76.3 Å². The maximum atomic E-state index is 13.4. The minimum absolute atomic E-state index is 0.0985. The fourth-order valence-electron chi connectivity index (χ4n) is 5.49. The van der Waals surface area contributed by atoms with Crippen LogP contribution >= 0.6 is 11.3 Å². The van der Waals surface area contributed by atoms with Gasteiger partial charge in [0.25, 0.3) is 0 Å². The Hall–Kier alpha value is -3.49. The van der Waals surface area contributed by atoms with E-state index in [1.165, 1.54) is 4.88 Å². The number of fused-ring (bicyclic) bond motifs is 2. The molecular formula is C29H38F3N7O4S. The molecule has 0 bridgehead atoms. The number of aromatic nitrogens is 5. The van der Waals surface area contributed by atoms with E-state index in [1.807, 2.05) is 4.90 Å². The van der Waals surface area contributed by atoms with Gasteiger partial charge in [0.15, 0.2) is 5.82 Å².